The van der Waals surface area contributed by atoms with Gasteiger partial charge in [0.25, 0.3) is 0 Å². The number of aromatic carboxylic acids is 1. The minimum atomic E-state index is -4.62. The predicted molar refractivity (Wildman–Crippen MR) is 74.8 cm³/mol. The van der Waals surface area contributed by atoms with Gasteiger partial charge in [0, 0.05) is 5.56 Å². The Hall–Kier alpha value is -3.10. The zero-order valence-corrected chi connectivity index (χ0v) is 11.4. The summed E-state index contributed by atoms with van der Waals surface area (Å²) in [6, 6.07) is 7.35. The molecule has 3 N–H and O–H groups in total. The molecule has 0 aliphatic heterocycles. The number of alkyl halides is 3. The van der Waals surface area contributed by atoms with Gasteiger partial charge in [0.2, 0.25) is 5.95 Å². The lowest BCUT2D eigenvalue weighted by molar-refractivity contribution is -0.137. The Morgan fingerprint density at radius 1 is 1.13 bits per heavy atom. The normalized spacial score (nSPS) is 11.8. The van der Waals surface area contributed by atoms with Crippen LogP contribution in [0, 0.1) is 0 Å². The quantitative estimate of drug-likeness (QED) is 0.756. The van der Waals surface area contributed by atoms with Crippen molar-refractivity contribution in [2.75, 3.05) is 5.73 Å². The second-order valence-corrected chi connectivity index (χ2v) is 4.68. The van der Waals surface area contributed by atoms with Crippen molar-refractivity contribution in [3.63, 3.8) is 0 Å². The number of hydrogen-bond donors (Lipinski definition) is 2. The van der Waals surface area contributed by atoms with Crippen LogP contribution in [0.2, 0.25) is 0 Å². The summed E-state index contributed by atoms with van der Waals surface area (Å²) >= 11 is 0. The van der Waals surface area contributed by atoms with Gasteiger partial charge in [0.05, 0.1) is 5.56 Å². The number of aromatic nitrogens is 3. The van der Waals surface area contributed by atoms with E-state index in [2.05, 4.69) is 10.1 Å². The second-order valence-electron chi connectivity index (χ2n) is 4.68. The fourth-order valence-electron chi connectivity index (χ4n) is 2.35. The van der Waals surface area contributed by atoms with E-state index in [1.807, 2.05) is 0 Å². The third kappa shape index (κ3) is 2.45. The Balaban J connectivity index is 2.38. The lowest BCUT2D eigenvalue weighted by Crippen LogP contribution is -2.12. The summed E-state index contributed by atoms with van der Waals surface area (Å²) in [5.41, 5.74) is 3.81. The maximum atomic E-state index is 13.2. The van der Waals surface area contributed by atoms with Crippen molar-refractivity contribution in [1.29, 1.82) is 0 Å². The van der Waals surface area contributed by atoms with Gasteiger partial charge in [-0.25, -0.2) is 9.31 Å². The Kier molecular flexibility index (Phi) is 3.20. The molecule has 0 bridgehead atoms. The minimum absolute atomic E-state index is 0.122. The number of anilines is 1. The van der Waals surface area contributed by atoms with E-state index in [4.69, 9.17) is 5.73 Å². The molecule has 0 amide bonds. The molecule has 0 saturated carbocycles. The van der Waals surface area contributed by atoms with Gasteiger partial charge in [0.15, 0.2) is 11.3 Å². The zero-order chi connectivity index (χ0) is 16.8. The van der Waals surface area contributed by atoms with Gasteiger partial charge in [-0.05, 0) is 23.8 Å². The molecule has 118 valence electrons. The van der Waals surface area contributed by atoms with Gasteiger partial charge in [-0.2, -0.15) is 18.2 Å². The fourth-order valence-corrected chi connectivity index (χ4v) is 2.35. The summed E-state index contributed by atoms with van der Waals surface area (Å²) in [4.78, 5) is 15.4. The van der Waals surface area contributed by atoms with Crippen molar-refractivity contribution >= 4 is 17.6 Å². The van der Waals surface area contributed by atoms with Crippen LogP contribution in [-0.2, 0) is 6.18 Å². The van der Waals surface area contributed by atoms with E-state index in [0.717, 1.165) is 10.6 Å². The van der Waals surface area contributed by atoms with Crippen molar-refractivity contribution in [3.8, 4) is 11.1 Å². The average molecular weight is 322 g/mol. The smallest absolute Gasteiger partial charge is 0.417 e. The first kappa shape index (κ1) is 14.8. The number of nitrogens with two attached hydrogens (primary N) is 1. The highest BCUT2D eigenvalue weighted by molar-refractivity contribution is 5.95. The number of nitrogen functional groups attached to an aromatic ring is 1. The molecule has 9 heteroatoms. The number of carboxylic acids is 1. The number of hydrogen-bond acceptors (Lipinski definition) is 4. The SMILES string of the molecule is Nc1nc2ccc(-c3ccccc3C(F)(F)F)c(C(=O)O)n2n1. The topological polar surface area (TPSA) is 93.5 Å². The molecular weight excluding hydrogens is 313 g/mol. The maximum Gasteiger partial charge on any atom is 0.417 e. The molecule has 0 radical (unpaired) electrons. The van der Waals surface area contributed by atoms with Crippen LogP contribution >= 0.6 is 0 Å². The number of pyridine rings is 1. The molecule has 0 aliphatic rings. The highest BCUT2D eigenvalue weighted by atomic mass is 19.4. The van der Waals surface area contributed by atoms with Crippen LogP contribution in [0.4, 0.5) is 19.1 Å². The summed E-state index contributed by atoms with van der Waals surface area (Å²) in [5.74, 6) is -1.61. The minimum Gasteiger partial charge on any atom is -0.476 e. The number of rotatable bonds is 2. The molecule has 3 aromatic rings. The largest absolute Gasteiger partial charge is 0.476 e. The van der Waals surface area contributed by atoms with Crippen LogP contribution in [0.1, 0.15) is 16.1 Å². The van der Waals surface area contributed by atoms with Crippen molar-refractivity contribution in [2.45, 2.75) is 6.18 Å². The van der Waals surface area contributed by atoms with E-state index >= 15 is 0 Å². The number of fused-ring (bicyclic) bond motifs is 1. The number of carbonyl (C=O) groups is 1. The summed E-state index contributed by atoms with van der Waals surface area (Å²) < 4.78 is 40.5. The van der Waals surface area contributed by atoms with E-state index in [1.165, 1.54) is 30.3 Å². The molecule has 6 nitrogen and oxygen atoms in total. The van der Waals surface area contributed by atoms with Crippen molar-refractivity contribution in [1.82, 2.24) is 14.6 Å². The van der Waals surface area contributed by atoms with Crippen molar-refractivity contribution in [2.24, 2.45) is 0 Å². The fraction of sp³-hybridized carbons (Fsp3) is 0.0714. The highest BCUT2D eigenvalue weighted by Gasteiger charge is 2.34. The molecule has 0 saturated heterocycles. The van der Waals surface area contributed by atoms with Gasteiger partial charge >= 0.3 is 12.1 Å². The first-order valence-corrected chi connectivity index (χ1v) is 6.34. The second kappa shape index (κ2) is 4.97. The van der Waals surface area contributed by atoms with Crippen LogP contribution in [0.15, 0.2) is 36.4 Å². The van der Waals surface area contributed by atoms with Gasteiger partial charge in [-0.1, -0.05) is 18.2 Å². The molecular formula is C14H9F3N4O2. The monoisotopic (exact) mass is 322 g/mol. The third-order valence-electron chi connectivity index (χ3n) is 3.24. The average Bonchev–Trinajstić information content (AvgIpc) is 2.85. The molecule has 1 aromatic carbocycles. The van der Waals surface area contributed by atoms with Crippen LogP contribution in [-0.4, -0.2) is 25.7 Å². The Morgan fingerprint density at radius 2 is 1.83 bits per heavy atom. The summed E-state index contributed by atoms with van der Waals surface area (Å²) in [6.07, 6.45) is -4.62. The summed E-state index contributed by atoms with van der Waals surface area (Å²) in [7, 11) is 0. The van der Waals surface area contributed by atoms with E-state index in [1.54, 1.807) is 0 Å². The summed E-state index contributed by atoms with van der Waals surface area (Å²) in [6.45, 7) is 0. The number of halogens is 3. The predicted octanol–water partition coefficient (Wildman–Crippen LogP) is 2.70. The lowest BCUT2D eigenvalue weighted by Gasteiger charge is -2.14. The number of carboxylic acid groups (broad SMARTS) is 1. The van der Waals surface area contributed by atoms with Gasteiger partial charge in [0.1, 0.15) is 0 Å². The first-order valence-electron chi connectivity index (χ1n) is 6.34. The Labute approximate surface area is 127 Å². The molecule has 23 heavy (non-hydrogen) atoms. The third-order valence-corrected chi connectivity index (χ3v) is 3.24. The molecule has 2 heterocycles. The van der Waals surface area contributed by atoms with Crippen molar-refractivity contribution in [3.05, 3.63) is 47.7 Å². The van der Waals surface area contributed by atoms with Gasteiger partial charge in [-0.15, -0.1) is 5.10 Å². The van der Waals surface area contributed by atoms with E-state index in [0.29, 0.717) is 0 Å². The van der Waals surface area contributed by atoms with E-state index < -0.39 is 23.4 Å². The van der Waals surface area contributed by atoms with E-state index in [9.17, 15) is 23.1 Å². The first-order chi connectivity index (χ1) is 10.8. The maximum absolute atomic E-state index is 13.2. The molecule has 0 aliphatic carbocycles. The Morgan fingerprint density at radius 3 is 2.48 bits per heavy atom. The van der Waals surface area contributed by atoms with Gasteiger partial charge in [-0.3, -0.25) is 0 Å². The van der Waals surface area contributed by atoms with Crippen LogP contribution in [0.5, 0.6) is 0 Å². The van der Waals surface area contributed by atoms with Crippen LogP contribution in [0.25, 0.3) is 16.8 Å². The molecule has 0 atom stereocenters. The molecule has 0 fully saturated rings. The number of benzene rings is 1. The zero-order valence-electron chi connectivity index (χ0n) is 11.4. The van der Waals surface area contributed by atoms with Crippen LogP contribution < -0.4 is 5.73 Å². The molecule has 0 unspecified atom stereocenters. The highest BCUT2D eigenvalue weighted by Crippen LogP contribution is 2.38. The van der Waals surface area contributed by atoms with E-state index in [-0.39, 0.29) is 22.7 Å². The molecule has 3 rings (SSSR count). The summed E-state index contributed by atoms with van der Waals surface area (Å²) in [5, 5.41) is 13.2. The molecule has 0 spiro atoms. The van der Waals surface area contributed by atoms with Crippen LogP contribution in [0.3, 0.4) is 0 Å². The molecule has 2 aromatic heterocycles. The van der Waals surface area contributed by atoms with Crippen molar-refractivity contribution < 1.29 is 23.1 Å². The Bertz CT molecular complexity index is 918. The number of nitrogens with zero attached hydrogens (tertiary/aromatic N) is 3. The van der Waals surface area contributed by atoms with Gasteiger partial charge < -0.3 is 10.8 Å². The standard InChI is InChI=1S/C14H9F3N4O2/c15-14(16,17)9-4-2-1-3-7(9)8-5-6-10-19-13(18)20-21(10)11(8)12(22)23/h1-6H,(H2,18,20)(H,22,23). The lowest BCUT2D eigenvalue weighted by atomic mass is 9.98.